The number of ether oxygens (including phenoxy) is 1. The Kier molecular flexibility index (Phi) is 7.70. The molecule has 2 saturated heterocycles. The Labute approximate surface area is 200 Å². The van der Waals surface area contributed by atoms with Crippen LogP contribution in [0.4, 0.5) is 10.3 Å². The Hall–Kier alpha value is -2.68. The van der Waals surface area contributed by atoms with Crippen molar-refractivity contribution in [2.75, 3.05) is 37.7 Å². The average molecular weight is 474 g/mol. The van der Waals surface area contributed by atoms with Gasteiger partial charge in [-0.2, -0.15) is 4.98 Å². The number of carbonyl (C=O) groups excluding carboxylic acids is 1. The molecule has 1 aromatic heterocycles. The topological polar surface area (TPSA) is 92.5 Å². The van der Waals surface area contributed by atoms with E-state index in [1.807, 2.05) is 25.1 Å². The van der Waals surface area contributed by atoms with Crippen molar-refractivity contribution in [3.63, 3.8) is 0 Å². The molecule has 0 bridgehead atoms. The molecule has 2 aliphatic rings. The van der Waals surface area contributed by atoms with E-state index in [0.29, 0.717) is 24.0 Å². The van der Waals surface area contributed by atoms with Gasteiger partial charge in [-0.05, 0) is 94.3 Å². The number of anilines is 1. The third-order valence-electron chi connectivity index (χ3n) is 6.68. The predicted octanol–water partition coefficient (Wildman–Crippen LogP) is 3.75. The van der Waals surface area contributed by atoms with E-state index in [-0.39, 0.29) is 17.8 Å². The lowest BCUT2D eigenvalue weighted by atomic mass is 9.92. The van der Waals surface area contributed by atoms with Crippen LogP contribution in [0.3, 0.4) is 0 Å². The zero-order valence-electron chi connectivity index (χ0n) is 20.4. The first-order valence-electron chi connectivity index (χ1n) is 12.3. The number of hydrogen-bond acceptors (Lipinski definition) is 7. The molecule has 3 heterocycles. The summed E-state index contributed by atoms with van der Waals surface area (Å²) in [5.74, 6) is 1.91. The van der Waals surface area contributed by atoms with Gasteiger partial charge in [0.25, 0.3) is 17.7 Å². The lowest BCUT2D eigenvalue weighted by molar-refractivity contribution is 0.0939. The number of aromatic nitrogens is 2. The Morgan fingerprint density at radius 1 is 1.32 bits per heavy atom. The second-order valence-electron chi connectivity index (χ2n) is 9.93. The van der Waals surface area contributed by atoms with Crippen LogP contribution in [0.15, 0.2) is 22.7 Å². The summed E-state index contributed by atoms with van der Waals surface area (Å²) in [6, 6.07) is 5.89. The van der Waals surface area contributed by atoms with Gasteiger partial charge in [-0.3, -0.25) is 4.79 Å². The maximum Gasteiger partial charge on any atom is 0.266 e. The Bertz CT molecular complexity index is 960. The predicted molar refractivity (Wildman–Crippen MR) is 128 cm³/mol. The van der Waals surface area contributed by atoms with Crippen LogP contribution in [0.2, 0.25) is 0 Å². The van der Waals surface area contributed by atoms with Gasteiger partial charge in [-0.1, -0.05) is 0 Å². The normalized spacial score (nSPS) is 19.4. The molecule has 4 rings (SSSR count). The minimum absolute atomic E-state index is 0.0189. The Balaban J connectivity index is 1.16. The average Bonchev–Trinajstić information content (AvgIpc) is 3.49. The Morgan fingerprint density at radius 2 is 2.12 bits per heavy atom. The van der Waals surface area contributed by atoms with Crippen molar-refractivity contribution in [3.05, 3.63) is 35.2 Å². The third kappa shape index (κ3) is 6.25. The Morgan fingerprint density at radius 3 is 2.76 bits per heavy atom. The lowest BCUT2D eigenvalue weighted by Gasteiger charge is -2.30. The van der Waals surface area contributed by atoms with Crippen molar-refractivity contribution in [3.8, 4) is 5.75 Å². The number of amides is 1. The highest BCUT2D eigenvalue weighted by atomic mass is 19.1. The summed E-state index contributed by atoms with van der Waals surface area (Å²) >= 11 is 0. The molecule has 2 aliphatic heterocycles. The molecule has 2 fully saturated rings. The number of halogens is 1. The van der Waals surface area contributed by atoms with Crippen molar-refractivity contribution in [1.29, 1.82) is 0 Å². The molecule has 2 N–H and O–H groups in total. The molecule has 8 nitrogen and oxygen atoms in total. The van der Waals surface area contributed by atoms with E-state index in [4.69, 9.17) is 9.26 Å². The molecular formula is C25H36FN5O3. The molecule has 9 heteroatoms. The number of carbonyl (C=O) groups is 1. The van der Waals surface area contributed by atoms with Gasteiger partial charge >= 0.3 is 0 Å². The van der Waals surface area contributed by atoms with Gasteiger partial charge in [0.05, 0.1) is 6.61 Å². The number of hydrogen-bond donors (Lipinski definition) is 2. The molecule has 1 atom stereocenters. The van der Waals surface area contributed by atoms with Gasteiger partial charge in [0, 0.05) is 31.2 Å². The van der Waals surface area contributed by atoms with E-state index in [1.165, 1.54) is 13.8 Å². The number of piperidine rings is 1. The lowest BCUT2D eigenvalue weighted by Crippen LogP contribution is -2.36. The van der Waals surface area contributed by atoms with Gasteiger partial charge in [0.15, 0.2) is 5.67 Å². The first-order valence-corrected chi connectivity index (χ1v) is 12.3. The number of rotatable bonds is 9. The van der Waals surface area contributed by atoms with Crippen LogP contribution in [0.25, 0.3) is 0 Å². The number of aryl methyl sites for hydroxylation is 1. The second kappa shape index (κ2) is 10.7. The summed E-state index contributed by atoms with van der Waals surface area (Å²) < 4.78 is 25.0. The molecule has 186 valence electrons. The van der Waals surface area contributed by atoms with Crippen LogP contribution < -0.4 is 20.3 Å². The third-order valence-corrected chi connectivity index (χ3v) is 6.68. The van der Waals surface area contributed by atoms with Crippen molar-refractivity contribution < 1.29 is 18.4 Å². The molecular weight excluding hydrogens is 437 g/mol. The monoisotopic (exact) mass is 473 g/mol. The molecule has 0 aliphatic carbocycles. The van der Waals surface area contributed by atoms with Gasteiger partial charge in [-0.25, -0.2) is 4.39 Å². The minimum atomic E-state index is -1.62. The van der Waals surface area contributed by atoms with E-state index in [9.17, 15) is 9.18 Å². The van der Waals surface area contributed by atoms with Crippen LogP contribution in [0, 0.1) is 12.8 Å². The second-order valence-corrected chi connectivity index (χ2v) is 9.93. The van der Waals surface area contributed by atoms with Gasteiger partial charge in [0.2, 0.25) is 0 Å². The smallest absolute Gasteiger partial charge is 0.266 e. The maximum absolute atomic E-state index is 14.0. The highest BCUT2D eigenvalue weighted by molar-refractivity contribution is 5.96. The molecule has 0 saturated carbocycles. The van der Waals surface area contributed by atoms with Crippen LogP contribution in [-0.4, -0.2) is 54.9 Å². The summed E-state index contributed by atoms with van der Waals surface area (Å²) in [5.41, 5.74) is 0.00563. The van der Waals surface area contributed by atoms with Gasteiger partial charge < -0.3 is 24.8 Å². The fourth-order valence-electron chi connectivity index (χ4n) is 4.59. The standard InChI is InChI=1S/C25H36FN5O3/c1-17-15-20(6-7-21(17)22(32)28-19-8-11-27-16-19)33-14-4-5-18-9-12-31(13-10-18)24-29-23(34-30-24)25(2,3)26/h6-7,15,18-19,27H,4-5,8-14,16H2,1-3H3,(H,28,32)/t19-/m0/s1. The molecule has 34 heavy (non-hydrogen) atoms. The number of nitrogens with one attached hydrogen (secondary N) is 2. The van der Waals surface area contributed by atoms with Crippen molar-refractivity contribution in [2.45, 2.75) is 64.6 Å². The van der Waals surface area contributed by atoms with E-state index in [2.05, 4.69) is 25.7 Å². The molecule has 1 aromatic carbocycles. The fraction of sp³-hybridized carbons (Fsp3) is 0.640. The number of nitrogens with zero attached hydrogens (tertiary/aromatic N) is 3. The van der Waals surface area contributed by atoms with E-state index in [0.717, 1.165) is 69.6 Å². The van der Waals surface area contributed by atoms with Crippen LogP contribution >= 0.6 is 0 Å². The van der Waals surface area contributed by atoms with Crippen LogP contribution in [0.1, 0.15) is 67.8 Å². The largest absolute Gasteiger partial charge is 0.494 e. The van der Waals surface area contributed by atoms with E-state index >= 15 is 0 Å². The fourth-order valence-corrected chi connectivity index (χ4v) is 4.59. The molecule has 2 aromatic rings. The van der Waals surface area contributed by atoms with Crippen molar-refractivity contribution >= 4 is 11.9 Å². The molecule has 1 amide bonds. The molecule has 0 spiro atoms. The quantitative estimate of drug-likeness (QED) is 0.536. The van der Waals surface area contributed by atoms with Gasteiger partial charge in [0.1, 0.15) is 5.75 Å². The molecule has 0 radical (unpaired) electrons. The highest BCUT2D eigenvalue weighted by Gasteiger charge is 2.29. The van der Waals surface area contributed by atoms with Crippen LogP contribution in [-0.2, 0) is 5.67 Å². The number of benzene rings is 1. The van der Waals surface area contributed by atoms with E-state index in [1.54, 1.807) is 0 Å². The van der Waals surface area contributed by atoms with Crippen molar-refractivity contribution in [2.24, 2.45) is 5.92 Å². The van der Waals surface area contributed by atoms with E-state index < -0.39 is 5.67 Å². The summed E-state index contributed by atoms with van der Waals surface area (Å²) in [7, 11) is 0. The zero-order chi connectivity index (χ0) is 24.1. The highest BCUT2D eigenvalue weighted by Crippen LogP contribution is 2.28. The number of alkyl halides is 1. The first-order chi connectivity index (χ1) is 16.3. The SMILES string of the molecule is Cc1cc(OCCCC2CCN(c3noc(C(C)(C)F)n3)CC2)ccc1C(=O)N[C@H]1CCNC1. The summed E-state index contributed by atoms with van der Waals surface area (Å²) in [6.07, 6.45) is 5.13. The van der Waals surface area contributed by atoms with Crippen molar-refractivity contribution in [1.82, 2.24) is 20.8 Å². The summed E-state index contributed by atoms with van der Waals surface area (Å²) in [5, 5.41) is 10.3. The minimum Gasteiger partial charge on any atom is -0.494 e. The van der Waals surface area contributed by atoms with Crippen LogP contribution in [0.5, 0.6) is 5.75 Å². The summed E-state index contributed by atoms with van der Waals surface area (Å²) in [4.78, 5) is 18.8. The zero-order valence-corrected chi connectivity index (χ0v) is 20.4. The van der Waals surface area contributed by atoms with Gasteiger partial charge in [-0.15, -0.1) is 0 Å². The molecule has 0 unspecified atom stereocenters. The first kappa shape index (κ1) is 24.4. The summed E-state index contributed by atoms with van der Waals surface area (Å²) in [6.45, 7) is 8.91. The maximum atomic E-state index is 14.0.